The Bertz CT molecular complexity index is 560. The zero-order chi connectivity index (χ0) is 16.1. The maximum absolute atomic E-state index is 12.1. The Morgan fingerprint density at radius 2 is 1.65 bits per heavy atom. The van der Waals surface area contributed by atoms with Gasteiger partial charge in [0.05, 0.1) is 0 Å². The van der Waals surface area contributed by atoms with Crippen LogP contribution in [0.2, 0.25) is 0 Å². The predicted octanol–water partition coefficient (Wildman–Crippen LogP) is 4.33. The summed E-state index contributed by atoms with van der Waals surface area (Å²) in [6, 6.07) is 7.42. The Labute approximate surface area is 138 Å². The van der Waals surface area contributed by atoms with E-state index in [1.807, 2.05) is 24.3 Å². The lowest BCUT2D eigenvalue weighted by atomic mass is 9.86. The summed E-state index contributed by atoms with van der Waals surface area (Å²) >= 11 is 0. The second-order valence-corrected chi connectivity index (χ2v) is 6.94. The van der Waals surface area contributed by atoms with Gasteiger partial charge in [-0.15, -0.1) is 0 Å². The molecule has 1 aromatic carbocycles. The molecule has 0 atom stereocenters. The highest BCUT2D eigenvalue weighted by Crippen LogP contribution is 2.30. The van der Waals surface area contributed by atoms with Crippen molar-refractivity contribution in [1.82, 2.24) is 0 Å². The van der Waals surface area contributed by atoms with Crippen molar-refractivity contribution in [2.75, 3.05) is 10.6 Å². The number of carbonyl (C=O) groups is 2. The minimum absolute atomic E-state index is 0.0706. The lowest BCUT2D eigenvalue weighted by molar-refractivity contribution is -0.117. The first kappa shape index (κ1) is 16.0. The number of hydrogen-bond acceptors (Lipinski definition) is 2. The minimum atomic E-state index is 0.0706. The van der Waals surface area contributed by atoms with Crippen LogP contribution >= 0.6 is 0 Å². The molecule has 4 nitrogen and oxygen atoms in total. The van der Waals surface area contributed by atoms with Gasteiger partial charge in [0.1, 0.15) is 0 Å². The zero-order valence-electron chi connectivity index (χ0n) is 13.6. The van der Waals surface area contributed by atoms with E-state index in [0.29, 0.717) is 6.42 Å². The van der Waals surface area contributed by atoms with E-state index in [0.717, 1.165) is 36.6 Å². The fraction of sp³-hybridized carbons (Fsp3) is 0.579. The third-order valence-corrected chi connectivity index (χ3v) is 4.87. The summed E-state index contributed by atoms with van der Waals surface area (Å²) in [6.45, 7) is 0. The Hall–Kier alpha value is -1.84. The number of nitrogens with one attached hydrogen (secondary N) is 2. The van der Waals surface area contributed by atoms with Gasteiger partial charge >= 0.3 is 0 Å². The molecule has 2 fully saturated rings. The molecule has 3 rings (SSSR count). The molecule has 0 unspecified atom stereocenters. The third kappa shape index (κ3) is 5.08. The van der Waals surface area contributed by atoms with Gasteiger partial charge in [0, 0.05) is 23.7 Å². The van der Waals surface area contributed by atoms with Crippen molar-refractivity contribution in [3.05, 3.63) is 24.3 Å². The van der Waals surface area contributed by atoms with Gasteiger partial charge in [-0.2, -0.15) is 0 Å². The van der Waals surface area contributed by atoms with Crippen molar-refractivity contribution >= 4 is 23.2 Å². The Morgan fingerprint density at radius 3 is 2.35 bits per heavy atom. The first-order valence-electron chi connectivity index (χ1n) is 8.91. The second kappa shape index (κ2) is 7.62. The summed E-state index contributed by atoms with van der Waals surface area (Å²) in [5, 5.41) is 5.86. The molecule has 2 amide bonds. The van der Waals surface area contributed by atoms with E-state index in [-0.39, 0.29) is 17.7 Å². The smallest absolute Gasteiger partial charge is 0.227 e. The summed E-state index contributed by atoms with van der Waals surface area (Å²) in [7, 11) is 0. The van der Waals surface area contributed by atoms with E-state index < -0.39 is 0 Å². The van der Waals surface area contributed by atoms with E-state index in [1.165, 1.54) is 32.1 Å². The van der Waals surface area contributed by atoms with Crippen molar-refractivity contribution in [2.24, 2.45) is 11.8 Å². The molecule has 2 N–H and O–H groups in total. The Morgan fingerprint density at radius 1 is 0.957 bits per heavy atom. The van der Waals surface area contributed by atoms with Gasteiger partial charge in [0.2, 0.25) is 11.8 Å². The van der Waals surface area contributed by atoms with Gasteiger partial charge in [-0.3, -0.25) is 9.59 Å². The Balaban J connectivity index is 1.46. The molecule has 2 aliphatic rings. The quantitative estimate of drug-likeness (QED) is 0.821. The average molecular weight is 314 g/mol. The van der Waals surface area contributed by atoms with Crippen LogP contribution < -0.4 is 10.6 Å². The molecule has 2 aliphatic carbocycles. The van der Waals surface area contributed by atoms with Crippen molar-refractivity contribution in [1.29, 1.82) is 0 Å². The van der Waals surface area contributed by atoms with Gasteiger partial charge in [0.25, 0.3) is 0 Å². The third-order valence-electron chi connectivity index (χ3n) is 4.87. The molecule has 4 heteroatoms. The monoisotopic (exact) mass is 314 g/mol. The fourth-order valence-electron chi connectivity index (χ4n) is 3.30. The molecule has 0 saturated heterocycles. The molecule has 0 aliphatic heterocycles. The molecule has 0 bridgehead atoms. The van der Waals surface area contributed by atoms with Crippen molar-refractivity contribution in [3.8, 4) is 0 Å². The van der Waals surface area contributed by atoms with Crippen molar-refractivity contribution < 1.29 is 9.59 Å². The summed E-state index contributed by atoms with van der Waals surface area (Å²) in [5.74, 6) is 1.06. The van der Waals surface area contributed by atoms with Crippen LogP contribution in [-0.2, 0) is 9.59 Å². The van der Waals surface area contributed by atoms with E-state index in [4.69, 9.17) is 0 Å². The molecule has 2 saturated carbocycles. The van der Waals surface area contributed by atoms with Crippen LogP contribution in [0.4, 0.5) is 11.4 Å². The van der Waals surface area contributed by atoms with Gasteiger partial charge in [-0.25, -0.2) is 0 Å². The number of rotatable bonds is 6. The molecule has 0 aromatic heterocycles. The highest BCUT2D eigenvalue weighted by molar-refractivity contribution is 5.95. The molecular formula is C19H26N2O2. The maximum atomic E-state index is 12.1. The second-order valence-electron chi connectivity index (χ2n) is 6.94. The molecular weight excluding hydrogens is 288 g/mol. The van der Waals surface area contributed by atoms with Crippen LogP contribution in [0.25, 0.3) is 0 Å². The number of carbonyl (C=O) groups excluding carboxylic acids is 2. The van der Waals surface area contributed by atoms with Crippen LogP contribution in [0.3, 0.4) is 0 Å². The highest BCUT2D eigenvalue weighted by atomic mass is 16.2. The number of anilines is 2. The minimum Gasteiger partial charge on any atom is -0.326 e. The zero-order valence-corrected chi connectivity index (χ0v) is 13.6. The van der Waals surface area contributed by atoms with Crippen LogP contribution in [-0.4, -0.2) is 11.8 Å². The summed E-state index contributed by atoms with van der Waals surface area (Å²) in [6.07, 6.45) is 10.1. The fourth-order valence-corrected chi connectivity index (χ4v) is 3.30. The van der Waals surface area contributed by atoms with Gasteiger partial charge < -0.3 is 10.6 Å². The van der Waals surface area contributed by atoms with Crippen molar-refractivity contribution in [2.45, 2.75) is 57.8 Å². The molecule has 124 valence electrons. The van der Waals surface area contributed by atoms with Gasteiger partial charge in [-0.1, -0.05) is 38.2 Å². The van der Waals surface area contributed by atoms with E-state index >= 15 is 0 Å². The first-order chi connectivity index (χ1) is 11.2. The summed E-state index contributed by atoms with van der Waals surface area (Å²) in [5.41, 5.74) is 1.51. The first-order valence-corrected chi connectivity index (χ1v) is 8.91. The lowest BCUT2D eigenvalue weighted by Gasteiger charge is -2.21. The van der Waals surface area contributed by atoms with E-state index in [1.54, 1.807) is 0 Å². The number of hydrogen-bond donors (Lipinski definition) is 2. The number of amides is 2. The maximum Gasteiger partial charge on any atom is 0.227 e. The van der Waals surface area contributed by atoms with Crippen LogP contribution in [0.1, 0.15) is 57.8 Å². The standard InChI is InChI=1S/C19H26N2O2/c22-18(12-9-14-5-2-1-3-6-14)20-16-7-4-8-17(13-16)21-19(23)15-10-11-15/h4,7-8,13-15H,1-3,5-6,9-12H2,(H,20,22)(H,21,23). The van der Waals surface area contributed by atoms with Gasteiger partial charge in [-0.05, 0) is 43.4 Å². The average Bonchev–Trinajstić information content (AvgIpc) is 3.39. The molecule has 23 heavy (non-hydrogen) atoms. The van der Waals surface area contributed by atoms with Crippen LogP contribution in [0.15, 0.2) is 24.3 Å². The molecule has 0 spiro atoms. The van der Waals surface area contributed by atoms with Crippen LogP contribution in [0, 0.1) is 11.8 Å². The topological polar surface area (TPSA) is 58.2 Å². The molecule has 0 heterocycles. The van der Waals surface area contributed by atoms with E-state index in [2.05, 4.69) is 10.6 Å². The number of benzene rings is 1. The normalized spacial score (nSPS) is 18.4. The SMILES string of the molecule is O=C(CCC1CCCCC1)Nc1cccc(NC(=O)C2CC2)c1. The summed E-state index contributed by atoms with van der Waals surface area (Å²) in [4.78, 5) is 23.9. The predicted molar refractivity (Wildman–Crippen MR) is 92.2 cm³/mol. The molecule has 0 radical (unpaired) electrons. The Kier molecular flexibility index (Phi) is 5.31. The van der Waals surface area contributed by atoms with Gasteiger partial charge in [0.15, 0.2) is 0 Å². The van der Waals surface area contributed by atoms with Crippen molar-refractivity contribution in [3.63, 3.8) is 0 Å². The largest absolute Gasteiger partial charge is 0.326 e. The summed E-state index contributed by atoms with van der Waals surface area (Å²) < 4.78 is 0. The molecule has 1 aromatic rings. The van der Waals surface area contributed by atoms with Crippen LogP contribution in [0.5, 0.6) is 0 Å². The highest BCUT2D eigenvalue weighted by Gasteiger charge is 2.29. The lowest BCUT2D eigenvalue weighted by Crippen LogP contribution is -2.16. The van der Waals surface area contributed by atoms with E-state index in [9.17, 15) is 9.59 Å².